The minimum absolute atomic E-state index is 0.0835. The first-order valence-corrected chi connectivity index (χ1v) is 7.25. The number of hydrogen-bond acceptors (Lipinski definition) is 4. The lowest BCUT2D eigenvalue weighted by Crippen LogP contribution is -2.32. The minimum Gasteiger partial charge on any atom is -0.306 e. The summed E-state index contributed by atoms with van der Waals surface area (Å²) in [6, 6.07) is 4.11. The Labute approximate surface area is 96.0 Å². The Morgan fingerprint density at radius 2 is 2.38 bits per heavy atom. The van der Waals surface area contributed by atoms with Crippen molar-refractivity contribution < 1.29 is 8.42 Å². The molecule has 1 N–H and O–H groups in total. The first-order chi connectivity index (χ1) is 7.57. The van der Waals surface area contributed by atoms with Gasteiger partial charge in [0.2, 0.25) is 0 Å². The Balaban J connectivity index is 1.96. The SMILES string of the molecule is CC(NC1CCS(=O)(=O)C1)c1cccnc1. The molecule has 5 heteroatoms. The number of rotatable bonds is 3. The maximum atomic E-state index is 11.3. The summed E-state index contributed by atoms with van der Waals surface area (Å²) in [6.45, 7) is 2.03. The molecule has 1 fully saturated rings. The standard InChI is InChI=1S/C11H16N2O2S/c1-9(10-3-2-5-12-7-10)13-11-4-6-16(14,15)8-11/h2-3,5,7,9,11,13H,4,6,8H2,1H3. The lowest BCUT2D eigenvalue weighted by atomic mass is 10.1. The lowest BCUT2D eigenvalue weighted by molar-refractivity contribution is 0.484. The molecule has 2 unspecified atom stereocenters. The quantitative estimate of drug-likeness (QED) is 0.853. The zero-order chi connectivity index (χ0) is 11.6. The highest BCUT2D eigenvalue weighted by molar-refractivity contribution is 7.91. The first-order valence-electron chi connectivity index (χ1n) is 5.43. The van der Waals surface area contributed by atoms with Crippen molar-refractivity contribution in [2.45, 2.75) is 25.4 Å². The average Bonchev–Trinajstić information content (AvgIpc) is 2.59. The third-order valence-electron chi connectivity index (χ3n) is 2.90. The molecule has 0 radical (unpaired) electrons. The Hall–Kier alpha value is -0.940. The second kappa shape index (κ2) is 4.51. The van der Waals surface area contributed by atoms with Crippen molar-refractivity contribution in [3.05, 3.63) is 30.1 Å². The third kappa shape index (κ3) is 2.80. The van der Waals surface area contributed by atoms with Crippen LogP contribution in [0.3, 0.4) is 0 Å². The van der Waals surface area contributed by atoms with Crippen LogP contribution in [0.5, 0.6) is 0 Å². The van der Waals surface area contributed by atoms with Gasteiger partial charge in [-0.3, -0.25) is 4.98 Å². The number of hydrogen-bond donors (Lipinski definition) is 1. The third-order valence-corrected chi connectivity index (χ3v) is 4.67. The summed E-state index contributed by atoms with van der Waals surface area (Å²) >= 11 is 0. The van der Waals surface area contributed by atoms with Crippen molar-refractivity contribution in [2.24, 2.45) is 0 Å². The van der Waals surface area contributed by atoms with Gasteiger partial charge in [-0.1, -0.05) is 6.07 Å². The average molecular weight is 240 g/mol. The summed E-state index contributed by atoms with van der Waals surface area (Å²) in [4.78, 5) is 4.05. The molecule has 0 amide bonds. The van der Waals surface area contributed by atoms with Gasteiger partial charge in [0.25, 0.3) is 0 Å². The number of aromatic nitrogens is 1. The number of nitrogens with zero attached hydrogens (tertiary/aromatic N) is 1. The van der Waals surface area contributed by atoms with Crippen LogP contribution in [0.4, 0.5) is 0 Å². The molecule has 2 atom stereocenters. The molecule has 0 aliphatic carbocycles. The van der Waals surface area contributed by atoms with Crippen LogP contribution in [-0.2, 0) is 9.84 Å². The molecule has 1 aromatic rings. The van der Waals surface area contributed by atoms with E-state index in [0.29, 0.717) is 12.2 Å². The molecule has 0 saturated carbocycles. The largest absolute Gasteiger partial charge is 0.306 e. The van der Waals surface area contributed by atoms with Gasteiger partial charge in [0.1, 0.15) is 0 Å². The first kappa shape index (κ1) is 11.5. The van der Waals surface area contributed by atoms with E-state index < -0.39 is 9.84 Å². The summed E-state index contributed by atoms with van der Waals surface area (Å²) < 4.78 is 22.6. The highest BCUT2D eigenvalue weighted by Crippen LogP contribution is 2.17. The second-order valence-electron chi connectivity index (χ2n) is 4.27. The normalized spacial score (nSPS) is 25.4. The van der Waals surface area contributed by atoms with Crippen LogP contribution in [0.2, 0.25) is 0 Å². The number of nitrogens with one attached hydrogen (secondary N) is 1. The number of sulfone groups is 1. The molecule has 16 heavy (non-hydrogen) atoms. The van der Waals surface area contributed by atoms with E-state index in [1.54, 1.807) is 12.4 Å². The van der Waals surface area contributed by atoms with Gasteiger partial charge < -0.3 is 5.32 Å². The lowest BCUT2D eigenvalue weighted by Gasteiger charge is -2.18. The van der Waals surface area contributed by atoms with Crippen molar-refractivity contribution >= 4 is 9.84 Å². The molecule has 1 aliphatic heterocycles. The summed E-state index contributed by atoms with van der Waals surface area (Å²) in [5.41, 5.74) is 1.09. The van der Waals surface area contributed by atoms with Gasteiger partial charge in [-0.25, -0.2) is 8.42 Å². The molecular formula is C11H16N2O2S. The van der Waals surface area contributed by atoms with Crippen molar-refractivity contribution in [1.29, 1.82) is 0 Å². The maximum Gasteiger partial charge on any atom is 0.151 e. The van der Waals surface area contributed by atoms with Crippen LogP contribution < -0.4 is 5.32 Å². The van der Waals surface area contributed by atoms with Crippen molar-refractivity contribution in [2.75, 3.05) is 11.5 Å². The van der Waals surface area contributed by atoms with Crippen LogP contribution in [0.15, 0.2) is 24.5 Å². The zero-order valence-corrected chi connectivity index (χ0v) is 10.1. The fourth-order valence-electron chi connectivity index (χ4n) is 2.01. The highest BCUT2D eigenvalue weighted by Gasteiger charge is 2.28. The van der Waals surface area contributed by atoms with E-state index in [9.17, 15) is 8.42 Å². The van der Waals surface area contributed by atoms with Crippen molar-refractivity contribution in [3.8, 4) is 0 Å². The van der Waals surface area contributed by atoms with Crippen LogP contribution in [0.25, 0.3) is 0 Å². The molecule has 1 saturated heterocycles. The smallest absolute Gasteiger partial charge is 0.151 e. The van der Waals surface area contributed by atoms with Gasteiger partial charge in [0.15, 0.2) is 9.84 Å². The van der Waals surface area contributed by atoms with E-state index in [0.717, 1.165) is 5.56 Å². The summed E-state index contributed by atoms with van der Waals surface area (Å²) in [6.07, 6.45) is 4.25. The zero-order valence-electron chi connectivity index (χ0n) is 9.26. The van der Waals surface area contributed by atoms with Crippen LogP contribution in [0, 0.1) is 0 Å². The highest BCUT2D eigenvalue weighted by atomic mass is 32.2. The Kier molecular flexibility index (Phi) is 3.25. The molecule has 0 spiro atoms. The van der Waals surface area contributed by atoms with E-state index in [4.69, 9.17) is 0 Å². The van der Waals surface area contributed by atoms with E-state index >= 15 is 0 Å². The van der Waals surface area contributed by atoms with E-state index in [-0.39, 0.29) is 17.8 Å². The van der Waals surface area contributed by atoms with Crippen molar-refractivity contribution in [3.63, 3.8) is 0 Å². The molecule has 0 bridgehead atoms. The summed E-state index contributed by atoms with van der Waals surface area (Å²) in [5.74, 6) is 0.571. The second-order valence-corrected chi connectivity index (χ2v) is 6.50. The van der Waals surface area contributed by atoms with Crippen LogP contribution >= 0.6 is 0 Å². The van der Waals surface area contributed by atoms with Crippen molar-refractivity contribution in [1.82, 2.24) is 10.3 Å². The molecule has 88 valence electrons. The molecule has 2 heterocycles. The van der Waals surface area contributed by atoms with Crippen LogP contribution in [-0.4, -0.2) is 30.9 Å². The summed E-state index contributed by atoms with van der Waals surface area (Å²) in [5, 5.41) is 3.33. The fourth-order valence-corrected chi connectivity index (χ4v) is 3.69. The molecule has 1 aliphatic rings. The fraction of sp³-hybridized carbons (Fsp3) is 0.545. The van der Waals surface area contributed by atoms with Gasteiger partial charge in [-0.05, 0) is 25.0 Å². The maximum absolute atomic E-state index is 11.3. The number of pyridine rings is 1. The Morgan fingerprint density at radius 1 is 1.56 bits per heavy atom. The van der Waals surface area contributed by atoms with E-state index in [1.165, 1.54) is 0 Å². The van der Waals surface area contributed by atoms with Gasteiger partial charge >= 0.3 is 0 Å². The van der Waals surface area contributed by atoms with Gasteiger partial charge in [0, 0.05) is 24.5 Å². The monoisotopic (exact) mass is 240 g/mol. The molecule has 4 nitrogen and oxygen atoms in total. The predicted octanol–water partition coefficient (Wildman–Crippen LogP) is 0.919. The molecule has 1 aromatic heterocycles. The predicted molar refractivity (Wildman–Crippen MR) is 62.8 cm³/mol. The molecular weight excluding hydrogens is 224 g/mol. The van der Waals surface area contributed by atoms with E-state index in [2.05, 4.69) is 10.3 Å². The van der Waals surface area contributed by atoms with Gasteiger partial charge in [-0.15, -0.1) is 0 Å². The minimum atomic E-state index is -2.80. The van der Waals surface area contributed by atoms with E-state index in [1.807, 2.05) is 19.1 Å². The molecule has 2 rings (SSSR count). The molecule has 0 aromatic carbocycles. The van der Waals surface area contributed by atoms with Gasteiger partial charge in [-0.2, -0.15) is 0 Å². The summed E-state index contributed by atoms with van der Waals surface area (Å²) in [7, 11) is -2.80. The van der Waals surface area contributed by atoms with Crippen LogP contribution in [0.1, 0.15) is 24.9 Å². The van der Waals surface area contributed by atoms with Gasteiger partial charge in [0.05, 0.1) is 11.5 Å². The Morgan fingerprint density at radius 3 is 2.94 bits per heavy atom. The topological polar surface area (TPSA) is 59.1 Å². The Bertz CT molecular complexity index is 444.